The second kappa shape index (κ2) is 9.31. The fourth-order valence-corrected chi connectivity index (χ4v) is 6.10. The summed E-state index contributed by atoms with van der Waals surface area (Å²) in [6.45, 7) is 0. The van der Waals surface area contributed by atoms with Crippen LogP contribution >= 0.6 is 21.6 Å². The maximum absolute atomic E-state index is 12.6. The summed E-state index contributed by atoms with van der Waals surface area (Å²) in [7, 11) is 1.85. The summed E-state index contributed by atoms with van der Waals surface area (Å²) in [5.41, 5.74) is 0.474. The third-order valence-corrected chi connectivity index (χ3v) is 7.77. The summed E-state index contributed by atoms with van der Waals surface area (Å²) in [4.78, 5) is 75.4. The number of carbonyl (C=O) groups is 6. The van der Waals surface area contributed by atoms with Crippen molar-refractivity contribution in [3.8, 4) is 0 Å². The minimum Gasteiger partial charge on any atom is -0.480 e. The molecule has 4 rings (SSSR count). The van der Waals surface area contributed by atoms with E-state index in [-0.39, 0.29) is 33.8 Å². The van der Waals surface area contributed by atoms with Crippen LogP contribution in [0.3, 0.4) is 0 Å². The molecule has 0 unspecified atom stereocenters. The van der Waals surface area contributed by atoms with Gasteiger partial charge in [0.25, 0.3) is 23.6 Å². The second-order valence-corrected chi connectivity index (χ2v) is 9.88. The molecule has 0 spiro atoms. The van der Waals surface area contributed by atoms with Crippen LogP contribution in [-0.2, 0) is 9.59 Å². The Hall–Kier alpha value is -3.64. The number of hydrogen-bond donors (Lipinski definition) is 2. The van der Waals surface area contributed by atoms with E-state index in [0.29, 0.717) is 9.80 Å². The predicted octanol–water partition coefficient (Wildman–Crippen LogP) is 1.87. The van der Waals surface area contributed by atoms with E-state index in [9.17, 15) is 39.0 Å². The van der Waals surface area contributed by atoms with E-state index in [2.05, 4.69) is 0 Å². The Kier molecular flexibility index (Phi) is 6.44. The molecule has 2 aromatic carbocycles. The molecule has 0 radical (unpaired) electrons. The Labute approximate surface area is 200 Å². The summed E-state index contributed by atoms with van der Waals surface area (Å²) in [5.74, 6) is -6.09. The molecule has 2 atom stereocenters. The van der Waals surface area contributed by atoms with Gasteiger partial charge in [-0.25, -0.2) is 9.59 Å². The molecule has 0 bridgehead atoms. The Morgan fingerprint density at radius 2 is 0.882 bits per heavy atom. The highest BCUT2D eigenvalue weighted by Gasteiger charge is 2.44. The summed E-state index contributed by atoms with van der Waals surface area (Å²) >= 11 is 0. The van der Waals surface area contributed by atoms with Crippen molar-refractivity contribution in [2.75, 3.05) is 11.5 Å². The van der Waals surface area contributed by atoms with Crippen molar-refractivity contribution in [3.63, 3.8) is 0 Å². The summed E-state index contributed by atoms with van der Waals surface area (Å²) in [6.07, 6.45) is 0. The average molecular weight is 501 g/mol. The monoisotopic (exact) mass is 500 g/mol. The third-order valence-electron chi connectivity index (χ3n) is 5.38. The van der Waals surface area contributed by atoms with Crippen LogP contribution in [0.4, 0.5) is 0 Å². The molecule has 2 aliphatic heterocycles. The lowest BCUT2D eigenvalue weighted by Crippen LogP contribution is -2.47. The fraction of sp³-hybridized carbons (Fsp3) is 0.182. The number of aliphatic carboxylic acids is 2. The number of carboxylic acid groups (broad SMARTS) is 2. The fourth-order valence-electron chi connectivity index (χ4n) is 3.72. The minimum atomic E-state index is -1.48. The van der Waals surface area contributed by atoms with Gasteiger partial charge in [-0.1, -0.05) is 45.9 Å². The number of carbonyl (C=O) groups excluding carboxylic acids is 4. The topological polar surface area (TPSA) is 149 Å². The van der Waals surface area contributed by atoms with Crippen LogP contribution in [0.2, 0.25) is 0 Å². The number of hydrogen-bond acceptors (Lipinski definition) is 8. The van der Waals surface area contributed by atoms with Crippen LogP contribution in [0.25, 0.3) is 0 Å². The minimum absolute atomic E-state index is 0.118. The zero-order valence-electron chi connectivity index (χ0n) is 17.2. The van der Waals surface area contributed by atoms with Crippen LogP contribution in [0, 0.1) is 0 Å². The first-order chi connectivity index (χ1) is 16.2. The van der Waals surface area contributed by atoms with Gasteiger partial charge in [0, 0.05) is 11.5 Å². The molecule has 0 aliphatic carbocycles. The second-order valence-electron chi connectivity index (χ2n) is 7.33. The van der Waals surface area contributed by atoms with Gasteiger partial charge in [-0.2, -0.15) is 0 Å². The third kappa shape index (κ3) is 3.94. The van der Waals surface area contributed by atoms with E-state index in [0.717, 1.165) is 21.6 Å². The Bertz CT molecular complexity index is 1080. The molecule has 0 aromatic heterocycles. The molecule has 4 amide bonds. The van der Waals surface area contributed by atoms with Gasteiger partial charge in [0.1, 0.15) is 12.1 Å². The van der Waals surface area contributed by atoms with Gasteiger partial charge in [-0.15, -0.1) is 0 Å². The molecular formula is C22H16N2O8S2. The average Bonchev–Trinajstić information content (AvgIpc) is 3.21. The van der Waals surface area contributed by atoms with Crippen LogP contribution in [0.5, 0.6) is 0 Å². The van der Waals surface area contributed by atoms with Gasteiger partial charge in [0.15, 0.2) is 0 Å². The highest BCUT2D eigenvalue weighted by Crippen LogP contribution is 2.32. The molecule has 34 heavy (non-hydrogen) atoms. The predicted molar refractivity (Wildman–Crippen MR) is 122 cm³/mol. The number of benzene rings is 2. The largest absolute Gasteiger partial charge is 0.480 e. The highest BCUT2D eigenvalue weighted by atomic mass is 33.1. The first kappa shape index (κ1) is 23.5. The van der Waals surface area contributed by atoms with Crippen LogP contribution in [0.1, 0.15) is 41.4 Å². The van der Waals surface area contributed by atoms with Crippen molar-refractivity contribution in [2.24, 2.45) is 0 Å². The smallest absolute Gasteiger partial charge is 0.327 e. The van der Waals surface area contributed by atoms with E-state index in [1.165, 1.54) is 24.3 Å². The van der Waals surface area contributed by atoms with E-state index in [1.54, 1.807) is 24.3 Å². The molecule has 0 fully saturated rings. The highest BCUT2D eigenvalue weighted by molar-refractivity contribution is 8.76. The van der Waals surface area contributed by atoms with Crippen molar-refractivity contribution in [1.29, 1.82) is 0 Å². The number of nitrogens with zero attached hydrogens (tertiary/aromatic N) is 2. The molecule has 0 saturated carbocycles. The summed E-state index contributed by atoms with van der Waals surface area (Å²) < 4.78 is 0. The lowest BCUT2D eigenvalue weighted by molar-refractivity contribution is -0.141. The van der Waals surface area contributed by atoms with Crippen LogP contribution < -0.4 is 0 Å². The van der Waals surface area contributed by atoms with Crippen molar-refractivity contribution in [3.05, 3.63) is 70.8 Å². The first-order valence-electron chi connectivity index (χ1n) is 9.88. The van der Waals surface area contributed by atoms with Gasteiger partial charge < -0.3 is 10.2 Å². The van der Waals surface area contributed by atoms with Gasteiger partial charge in [0.05, 0.1) is 22.3 Å². The van der Waals surface area contributed by atoms with Crippen LogP contribution in [0.15, 0.2) is 48.5 Å². The molecule has 10 nitrogen and oxygen atoms in total. The summed E-state index contributed by atoms with van der Waals surface area (Å²) in [6, 6.07) is 9.08. The van der Waals surface area contributed by atoms with E-state index < -0.39 is 47.7 Å². The zero-order valence-corrected chi connectivity index (χ0v) is 18.9. The first-order valence-corrected chi connectivity index (χ1v) is 12.4. The number of amides is 4. The van der Waals surface area contributed by atoms with Crippen molar-refractivity contribution < 1.29 is 39.0 Å². The Morgan fingerprint density at radius 1 is 0.618 bits per heavy atom. The maximum Gasteiger partial charge on any atom is 0.327 e. The Balaban J connectivity index is 1.42. The SMILES string of the molecule is O=C(O)[C@@H](CSSC[C@@H](C(=O)O)N1C(=O)c2ccccc2C1=O)N1C(=O)c2ccccc2C1=O. The van der Waals surface area contributed by atoms with E-state index in [4.69, 9.17) is 0 Å². The molecule has 2 aromatic rings. The molecular weight excluding hydrogens is 484 g/mol. The lowest BCUT2D eigenvalue weighted by atomic mass is 10.1. The normalized spacial score (nSPS) is 16.5. The molecule has 0 saturated heterocycles. The molecule has 174 valence electrons. The number of carboxylic acids is 2. The Morgan fingerprint density at radius 3 is 1.12 bits per heavy atom. The van der Waals surface area contributed by atoms with E-state index >= 15 is 0 Å². The summed E-state index contributed by atoms with van der Waals surface area (Å²) in [5, 5.41) is 19.3. The van der Waals surface area contributed by atoms with Gasteiger partial charge in [-0.3, -0.25) is 29.0 Å². The number of rotatable bonds is 9. The van der Waals surface area contributed by atoms with Crippen molar-refractivity contribution in [2.45, 2.75) is 12.1 Å². The van der Waals surface area contributed by atoms with Gasteiger partial charge >= 0.3 is 11.9 Å². The lowest BCUT2D eigenvalue weighted by Gasteiger charge is -2.23. The van der Waals surface area contributed by atoms with Crippen LogP contribution in [-0.4, -0.2) is 79.2 Å². The molecule has 12 heteroatoms. The zero-order chi connectivity index (χ0) is 24.6. The maximum atomic E-state index is 12.6. The number of fused-ring (bicyclic) bond motifs is 2. The number of imide groups is 2. The van der Waals surface area contributed by atoms with E-state index in [1.807, 2.05) is 0 Å². The van der Waals surface area contributed by atoms with Gasteiger partial charge in [-0.05, 0) is 24.3 Å². The van der Waals surface area contributed by atoms with Gasteiger partial charge in [0.2, 0.25) is 0 Å². The molecule has 2 N–H and O–H groups in total. The molecule has 2 heterocycles. The quantitative estimate of drug-likeness (QED) is 0.297. The van der Waals surface area contributed by atoms with Crippen molar-refractivity contribution in [1.82, 2.24) is 9.80 Å². The standard InChI is InChI=1S/C22H16N2O8S2/c25-17-11-5-1-2-6-12(11)18(26)23(17)15(21(29)30)9-33-34-10-16(22(31)32)24-19(27)13-7-3-4-8-14(13)20(24)28/h1-8,15-16H,9-10H2,(H,29,30)(H,31,32)/t15-,16+. The molecule has 2 aliphatic rings. The van der Waals surface area contributed by atoms with Crippen molar-refractivity contribution >= 4 is 57.2 Å².